The van der Waals surface area contributed by atoms with E-state index in [1.165, 1.54) is 18.2 Å². The largest absolute Gasteiger partial charge is 0.416 e. The van der Waals surface area contributed by atoms with Gasteiger partial charge in [-0.2, -0.15) is 13.2 Å². The lowest BCUT2D eigenvalue weighted by Crippen LogP contribution is -2.33. The van der Waals surface area contributed by atoms with E-state index in [9.17, 15) is 27.9 Å². The second-order valence-electron chi connectivity index (χ2n) is 6.27. The normalized spacial score (nSPS) is 20.7. The highest BCUT2D eigenvalue weighted by molar-refractivity contribution is 5.82. The molecule has 8 heteroatoms. The van der Waals surface area contributed by atoms with Crippen molar-refractivity contribution in [1.82, 2.24) is 10.6 Å². The minimum absolute atomic E-state index is 0.000475. The first-order chi connectivity index (χ1) is 11.7. The molecule has 25 heavy (non-hydrogen) atoms. The third-order valence-electron chi connectivity index (χ3n) is 4.22. The van der Waals surface area contributed by atoms with Crippen LogP contribution < -0.4 is 10.6 Å². The molecule has 0 aromatic heterocycles. The highest BCUT2D eigenvalue weighted by Crippen LogP contribution is 2.37. The molecule has 0 aliphatic heterocycles. The van der Waals surface area contributed by atoms with Crippen LogP contribution >= 0.6 is 0 Å². The summed E-state index contributed by atoms with van der Waals surface area (Å²) in [6.07, 6.45) is -5.20. The Balaban J connectivity index is 1.77. The number of alkyl halides is 3. The molecule has 1 aliphatic carbocycles. The van der Waals surface area contributed by atoms with Crippen LogP contribution in [0.15, 0.2) is 24.3 Å². The van der Waals surface area contributed by atoms with E-state index in [1.807, 2.05) is 6.92 Å². The molecule has 1 saturated carbocycles. The number of hydrogen-bond acceptors (Lipinski definition) is 3. The van der Waals surface area contributed by atoms with Crippen molar-refractivity contribution < 1.29 is 27.9 Å². The van der Waals surface area contributed by atoms with Crippen LogP contribution in [0.4, 0.5) is 13.2 Å². The van der Waals surface area contributed by atoms with Gasteiger partial charge >= 0.3 is 6.18 Å². The smallest absolute Gasteiger partial charge is 0.387 e. The van der Waals surface area contributed by atoms with Crippen LogP contribution in [0.3, 0.4) is 0 Å². The number of carbonyl (C=O) groups is 2. The molecule has 0 spiro atoms. The molecule has 1 aromatic carbocycles. The number of halogens is 3. The number of benzene rings is 1. The maximum absolute atomic E-state index is 12.9. The van der Waals surface area contributed by atoms with Crippen LogP contribution in [0.25, 0.3) is 0 Å². The third kappa shape index (κ3) is 5.45. The van der Waals surface area contributed by atoms with Gasteiger partial charge < -0.3 is 15.7 Å². The number of carbonyl (C=O) groups excluding carboxylic acids is 2. The van der Waals surface area contributed by atoms with Gasteiger partial charge in [0, 0.05) is 25.4 Å². The summed E-state index contributed by atoms with van der Waals surface area (Å²) in [4.78, 5) is 23.3. The van der Waals surface area contributed by atoms with Gasteiger partial charge in [0.2, 0.25) is 11.8 Å². The zero-order valence-corrected chi connectivity index (χ0v) is 13.8. The first-order valence-electron chi connectivity index (χ1n) is 8.08. The molecule has 0 radical (unpaired) electrons. The van der Waals surface area contributed by atoms with E-state index in [4.69, 9.17) is 0 Å². The fourth-order valence-corrected chi connectivity index (χ4v) is 2.57. The summed E-state index contributed by atoms with van der Waals surface area (Å²) in [5.41, 5.74) is -1.21. The second kappa shape index (κ2) is 7.86. The molecule has 0 bridgehead atoms. The number of rotatable bonds is 7. The SMILES string of the molecule is C[C@@H]1C[C@H]1C(=O)NCCC(=O)NC[C@H](O)c1ccccc1C(F)(F)F. The highest BCUT2D eigenvalue weighted by atomic mass is 19.4. The molecule has 2 rings (SSSR count). The summed E-state index contributed by atoms with van der Waals surface area (Å²) in [5, 5.41) is 15.0. The Hall–Kier alpha value is -2.09. The van der Waals surface area contributed by atoms with Crippen molar-refractivity contribution in [3.8, 4) is 0 Å². The molecule has 1 aliphatic rings. The Morgan fingerprint density at radius 1 is 1.28 bits per heavy atom. The van der Waals surface area contributed by atoms with E-state index in [1.54, 1.807) is 0 Å². The summed E-state index contributed by atoms with van der Waals surface area (Å²) >= 11 is 0. The van der Waals surface area contributed by atoms with Crippen molar-refractivity contribution in [2.45, 2.75) is 32.0 Å². The zero-order chi connectivity index (χ0) is 18.6. The Kier molecular flexibility index (Phi) is 6.05. The van der Waals surface area contributed by atoms with Crippen LogP contribution in [0.1, 0.15) is 37.0 Å². The Labute approximate surface area is 143 Å². The molecule has 138 valence electrons. The zero-order valence-electron chi connectivity index (χ0n) is 13.8. The van der Waals surface area contributed by atoms with Crippen molar-refractivity contribution in [2.75, 3.05) is 13.1 Å². The number of aliphatic hydroxyl groups excluding tert-OH is 1. The summed E-state index contributed by atoms with van der Waals surface area (Å²) in [6.45, 7) is 1.79. The Bertz CT molecular complexity index is 634. The second-order valence-corrected chi connectivity index (χ2v) is 6.27. The first-order valence-corrected chi connectivity index (χ1v) is 8.08. The molecule has 1 fully saturated rings. The molecule has 3 N–H and O–H groups in total. The van der Waals surface area contributed by atoms with Gasteiger partial charge in [0.15, 0.2) is 0 Å². The van der Waals surface area contributed by atoms with Gasteiger partial charge in [-0.1, -0.05) is 25.1 Å². The lowest BCUT2D eigenvalue weighted by Gasteiger charge is -2.18. The fraction of sp³-hybridized carbons (Fsp3) is 0.529. The lowest BCUT2D eigenvalue weighted by molar-refractivity contribution is -0.139. The van der Waals surface area contributed by atoms with Gasteiger partial charge in [-0.25, -0.2) is 0 Å². The van der Waals surface area contributed by atoms with E-state index in [0.29, 0.717) is 5.92 Å². The van der Waals surface area contributed by atoms with Gasteiger partial charge in [-0.3, -0.25) is 9.59 Å². The van der Waals surface area contributed by atoms with Gasteiger partial charge in [0.1, 0.15) is 0 Å². The summed E-state index contributed by atoms with van der Waals surface area (Å²) in [5.74, 6) is -0.145. The molecule has 2 amide bonds. The number of nitrogens with one attached hydrogen (secondary N) is 2. The number of aliphatic hydroxyl groups is 1. The van der Waals surface area contributed by atoms with Crippen LogP contribution in [-0.2, 0) is 15.8 Å². The predicted octanol–water partition coefficient (Wildman–Crippen LogP) is 2.02. The van der Waals surface area contributed by atoms with Gasteiger partial charge in [0.25, 0.3) is 0 Å². The molecule has 0 unspecified atom stereocenters. The van der Waals surface area contributed by atoms with Crippen molar-refractivity contribution in [3.63, 3.8) is 0 Å². The van der Waals surface area contributed by atoms with Crippen LogP contribution in [0.2, 0.25) is 0 Å². The molecule has 1 aromatic rings. The van der Waals surface area contributed by atoms with Crippen LogP contribution in [0.5, 0.6) is 0 Å². The number of amides is 2. The molecular weight excluding hydrogens is 337 g/mol. The minimum atomic E-state index is -4.58. The molecule has 3 atom stereocenters. The molecular formula is C17H21F3N2O3. The van der Waals surface area contributed by atoms with Crippen molar-refractivity contribution in [2.24, 2.45) is 11.8 Å². The summed E-state index contributed by atoms with van der Waals surface area (Å²) < 4.78 is 38.7. The predicted molar refractivity (Wildman–Crippen MR) is 84.3 cm³/mol. The first kappa shape index (κ1) is 19.2. The van der Waals surface area contributed by atoms with Crippen LogP contribution in [0, 0.1) is 11.8 Å². The van der Waals surface area contributed by atoms with Gasteiger partial charge in [-0.15, -0.1) is 0 Å². The summed E-state index contributed by atoms with van der Waals surface area (Å²) in [6, 6.07) is 4.69. The average molecular weight is 358 g/mol. The van der Waals surface area contributed by atoms with E-state index < -0.39 is 23.8 Å². The van der Waals surface area contributed by atoms with Crippen molar-refractivity contribution >= 4 is 11.8 Å². The van der Waals surface area contributed by atoms with Crippen LogP contribution in [-0.4, -0.2) is 30.0 Å². The Morgan fingerprint density at radius 3 is 2.52 bits per heavy atom. The maximum Gasteiger partial charge on any atom is 0.416 e. The lowest BCUT2D eigenvalue weighted by atomic mass is 10.0. The van der Waals surface area contributed by atoms with E-state index in [-0.39, 0.29) is 36.9 Å². The fourth-order valence-electron chi connectivity index (χ4n) is 2.57. The molecule has 5 nitrogen and oxygen atoms in total. The number of hydrogen-bond donors (Lipinski definition) is 3. The van der Waals surface area contributed by atoms with E-state index in [2.05, 4.69) is 10.6 Å². The van der Waals surface area contributed by atoms with E-state index >= 15 is 0 Å². The average Bonchev–Trinajstić information content (AvgIpc) is 3.28. The summed E-state index contributed by atoms with van der Waals surface area (Å²) in [7, 11) is 0. The monoisotopic (exact) mass is 358 g/mol. The van der Waals surface area contributed by atoms with Crippen molar-refractivity contribution in [3.05, 3.63) is 35.4 Å². The van der Waals surface area contributed by atoms with Gasteiger partial charge in [-0.05, 0) is 24.0 Å². The quantitative estimate of drug-likeness (QED) is 0.698. The van der Waals surface area contributed by atoms with Gasteiger partial charge in [0.05, 0.1) is 11.7 Å². The van der Waals surface area contributed by atoms with E-state index in [0.717, 1.165) is 12.5 Å². The third-order valence-corrected chi connectivity index (χ3v) is 4.22. The van der Waals surface area contributed by atoms with Crippen molar-refractivity contribution in [1.29, 1.82) is 0 Å². The minimum Gasteiger partial charge on any atom is -0.387 e. The standard InChI is InChI=1S/C17H21F3N2O3/c1-10-8-12(10)16(25)21-7-6-15(24)22-9-14(23)11-4-2-3-5-13(11)17(18,19)20/h2-5,10,12,14,23H,6-9H2,1H3,(H,21,25)(H,22,24)/t10-,12-,14+/m1/s1. The topological polar surface area (TPSA) is 78.4 Å². The highest BCUT2D eigenvalue weighted by Gasteiger charge is 2.38. The Morgan fingerprint density at radius 2 is 1.92 bits per heavy atom. The molecule has 0 saturated heterocycles. The molecule has 0 heterocycles. The maximum atomic E-state index is 12.9.